The molecular formula is C23H32. The molecule has 0 N–H and O–H groups in total. The first-order valence-electron chi connectivity index (χ1n) is 9.44. The molecule has 0 heteroatoms. The third kappa shape index (κ3) is 6.60. The lowest BCUT2D eigenvalue weighted by molar-refractivity contribution is 0.444. The fraction of sp³-hybridized carbons (Fsp3) is 0.478. The molecule has 0 aromatic heterocycles. The summed E-state index contributed by atoms with van der Waals surface area (Å²) < 4.78 is 0. The van der Waals surface area contributed by atoms with Crippen LogP contribution in [0.15, 0.2) is 54.6 Å². The lowest BCUT2D eigenvalue weighted by Crippen LogP contribution is -1.95. The molecule has 0 amide bonds. The molecule has 0 nitrogen and oxygen atoms in total. The van der Waals surface area contributed by atoms with Gasteiger partial charge in [0.1, 0.15) is 0 Å². The van der Waals surface area contributed by atoms with Crippen LogP contribution in [0, 0.1) is 5.92 Å². The summed E-state index contributed by atoms with van der Waals surface area (Å²) >= 11 is 0. The lowest BCUT2D eigenvalue weighted by Gasteiger charge is -2.10. The Morgan fingerprint density at radius 2 is 1.30 bits per heavy atom. The van der Waals surface area contributed by atoms with Gasteiger partial charge in [-0.25, -0.2) is 0 Å². The standard InChI is InChI=1S/C23H32/c1-3-4-6-11-20(2)12-9-10-13-21-16-18-23(19-17-21)22-14-7-5-8-15-22/h5,7-8,14-20H,3-4,6,9-13H2,1-2H3. The van der Waals surface area contributed by atoms with E-state index in [1.807, 2.05) is 0 Å². The molecule has 0 saturated carbocycles. The molecule has 1 atom stereocenters. The Kier molecular flexibility index (Phi) is 7.93. The topological polar surface area (TPSA) is 0 Å². The molecule has 2 aromatic carbocycles. The Morgan fingerprint density at radius 1 is 0.696 bits per heavy atom. The van der Waals surface area contributed by atoms with Crippen molar-refractivity contribution in [2.24, 2.45) is 5.92 Å². The molecule has 0 spiro atoms. The summed E-state index contributed by atoms with van der Waals surface area (Å²) in [4.78, 5) is 0. The van der Waals surface area contributed by atoms with Crippen molar-refractivity contribution in [3.63, 3.8) is 0 Å². The Morgan fingerprint density at radius 3 is 1.96 bits per heavy atom. The maximum atomic E-state index is 2.42. The van der Waals surface area contributed by atoms with Gasteiger partial charge >= 0.3 is 0 Å². The van der Waals surface area contributed by atoms with Crippen LogP contribution in [0.3, 0.4) is 0 Å². The van der Waals surface area contributed by atoms with E-state index in [-0.39, 0.29) is 0 Å². The zero-order valence-corrected chi connectivity index (χ0v) is 14.9. The van der Waals surface area contributed by atoms with E-state index in [1.165, 1.54) is 68.1 Å². The van der Waals surface area contributed by atoms with Gasteiger partial charge in [-0.2, -0.15) is 0 Å². The SMILES string of the molecule is CCCCCC(C)CCCCc1ccc(-c2ccccc2)cc1. The molecule has 23 heavy (non-hydrogen) atoms. The molecule has 0 bridgehead atoms. The van der Waals surface area contributed by atoms with Crippen LogP contribution in [0.1, 0.15) is 64.4 Å². The molecule has 0 aliphatic heterocycles. The van der Waals surface area contributed by atoms with E-state index in [9.17, 15) is 0 Å². The highest BCUT2D eigenvalue weighted by molar-refractivity contribution is 5.63. The van der Waals surface area contributed by atoms with Crippen molar-refractivity contribution < 1.29 is 0 Å². The number of aryl methyl sites for hydroxylation is 1. The fourth-order valence-electron chi connectivity index (χ4n) is 3.20. The number of rotatable bonds is 10. The molecular weight excluding hydrogens is 276 g/mol. The van der Waals surface area contributed by atoms with Crippen LogP contribution >= 0.6 is 0 Å². The Hall–Kier alpha value is -1.56. The van der Waals surface area contributed by atoms with E-state index in [1.54, 1.807) is 0 Å². The molecule has 0 fully saturated rings. The van der Waals surface area contributed by atoms with Crippen molar-refractivity contribution in [2.45, 2.75) is 65.2 Å². The molecule has 2 rings (SSSR count). The van der Waals surface area contributed by atoms with Gasteiger partial charge in [-0.15, -0.1) is 0 Å². The van der Waals surface area contributed by atoms with Crippen LogP contribution in [0.4, 0.5) is 0 Å². The predicted octanol–water partition coefficient (Wildman–Crippen LogP) is 7.28. The van der Waals surface area contributed by atoms with E-state index >= 15 is 0 Å². The quantitative estimate of drug-likeness (QED) is 0.404. The third-order valence-electron chi connectivity index (χ3n) is 4.77. The number of unbranched alkanes of at least 4 members (excludes halogenated alkanes) is 3. The van der Waals surface area contributed by atoms with Crippen molar-refractivity contribution in [1.82, 2.24) is 0 Å². The molecule has 0 saturated heterocycles. The molecule has 0 radical (unpaired) electrons. The third-order valence-corrected chi connectivity index (χ3v) is 4.77. The van der Waals surface area contributed by atoms with Crippen LogP contribution in [-0.2, 0) is 6.42 Å². The second-order valence-electron chi connectivity index (χ2n) is 6.91. The molecule has 1 unspecified atom stereocenters. The number of benzene rings is 2. The van der Waals surface area contributed by atoms with Gasteiger partial charge in [0.25, 0.3) is 0 Å². The Bertz CT molecular complexity index is 524. The molecule has 0 aliphatic carbocycles. The summed E-state index contributed by atoms with van der Waals surface area (Å²) in [5.41, 5.74) is 4.10. The summed E-state index contributed by atoms with van der Waals surface area (Å²) in [6, 6.07) is 19.7. The minimum Gasteiger partial charge on any atom is -0.0654 e. The highest BCUT2D eigenvalue weighted by Gasteiger charge is 2.02. The number of hydrogen-bond donors (Lipinski definition) is 0. The summed E-state index contributed by atoms with van der Waals surface area (Å²) in [6.45, 7) is 4.71. The first-order valence-corrected chi connectivity index (χ1v) is 9.44. The zero-order valence-electron chi connectivity index (χ0n) is 14.9. The molecule has 0 aliphatic rings. The van der Waals surface area contributed by atoms with Crippen molar-refractivity contribution in [3.05, 3.63) is 60.2 Å². The first kappa shape index (κ1) is 17.8. The van der Waals surface area contributed by atoms with E-state index in [2.05, 4.69) is 68.4 Å². The van der Waals surface area contributed by atoms with Crippen molar-refractivity contribution in [3.8, 4) is 11.1 Å². The minimum atomic E-state index is 0.905. The van der Waals surface area contributed by atoms with Gasteiger partial charge in [0.15, 0.2) is 0 Å². The summed E-state index contributed by atoms with van der Waals surface area (Å²) in [6.07, 6.45) is 10.9. The van der Waals surface area contributed by atoms with Gasteiger partial charge in [-0.3, -0.25) is 0 Å². The van der Waals surface area contributed by atoms with Crippen LogP contribution in [0.25, 0.3) is 11.1 Å². The van der Waals surface area contributed by atoms with Crippen LogP contribution < -0.4 is 0 Å². The summed E-state index contributed by atoms with van der Waals surface area (Å²) in [7, 11) is 0. The van der Waals surface area contributed by atoms with Crippen molar-refractivity contribution in [1.29, 1.82) is 0 Å². The van der Waals surface area contributed by atoms with Crippen LogP contribution in [0.2, 0.25) is 0 Å². The number of hydrogen-bond acceptors (Lipinski definition) is 0. The molecule has 0 heterocycles. The average Bonchev–Trinajstić information content (AvgIpc) is 2.60. The minimum absolute atomic E-state index is 0.905. The zero-order chi connectivity index (χ0) is 16.3. The first-order chi connectivity index (χ1) is 11.3. The maximum Gasteiger partial charge on any atom is -0.0184 e. The van der Waals surface area contributed by atoms with Crippen molar-refractivity contribution >= 4 is 0 Å². The van der Waals surface area contributed by atoms with E-state index in [0.29, 0.717) is 0 Å². The van der Waals surface area contributed by atoms with Crippen LogP contribution in [0.5, 0.6) is 0 Å². The molecule has 124 valence electrons. The predicted molar refractivity (Wildman–Crippen MR) is 103 cm³/mol. The van der Waals surface area contributed by atoms with Gasteiger partial charge in [0, 0.05) is 0 Å². The van der Waals surface area contributed by atoms with Gasteiger partial charge in [0.2, 0.25) is 0 Å². The van der Waals surface area contributed by atoms with E-state index in [4.69, 9.17) is 0 Å². The van der Waals surface area contributed by atoms with Gasteiger partial charge < -0.3 is 0 Å². The summed E-state index contributed by atoms with van der Waals surface area (Å²) in [5.74, 6) is 0.905. The highest BCUT2D eigenvalue weighted by atomic mass is 14.1. The maximum absolute atomic E-state index is 2.42. The smallest absolute Gasteiger partial charge is 0.0184 e. The van der Waals surface area contributed by atoms with Gasteiger partial charge in [-0.05, 0) is 35.4 Å². The summed E-state index contributed by atoms with van der Waals surface area (Å²) in [5, 5.41) is 0. The average molecular weight is 309 g/mol. The highest BCUT2D eigenvalue weighted by Crippen LogP contribution is 2.21. The van der Waals surface area contributed by atoms with Gasteiger partial charge in [-0.1, -0.05) is 107 Å². The van der Waals surface area contributed by atoms with E-state index < -0.39 is 0 Å². The molecule has 2 aromatic rings. The fourth-order valence-corrected chi connectivity index (χ4v) is 3.20. The Labute approximate surface area is 143 Å². The second kappa shape index (κ2) is 10.3. The van der Waals surface area contributed by atoms with Gasteiger partial charge in [0.05, 0.1) is 0 Å². The largest absolute Gasteiger partial charge is 0.0654 e. The second-order valence-corrected chi connectivity index (χ2v) is 6.91. The normalized spacial score (nSPS) is 12.3. The lowest BCUT2D eigenvalue weighted by atomic mass is 9.95. The Balaban J connectivity index is 1.68. The van der Waals surface area contributed by atoms with Crippen molar-refractivity contribution in [2.75, 3.05) is 0 Å². The van der Waals surface area contributed by atoms with E-state index in [0.717, 1.165) is 5.92 Å². The van der Waals surface area contributed by atoms with Crippen LogP contribution in [-0.4, -0.2) is 0 Å². The monoisotopic (exact) mass is 308 g/mol.